The third-order valence-corrected chi connectivity index (χ3v) is 3.15. The van der Waals surface area contributed by atoms with Gasteiger partial charge in [0.25, 0.3) is 0 Å². The summed E-state index contributed by atoms with van der Waals surface area (Å²) in [6.45, 7) is 7.53. The van der Waals surface area contributed by atoms with E-state index in [4.69, 9.17) is 9.47 Å². The molecular formula is C16H25NO2. The van der Waals surface area contributed by atoms with E-state index >= 15 is 0 Å². The Labute approximate surface area is 116 Å². The molecule has 0 aromatic heterocycles. The second kappa shape index (κ2) is 7.85. The highest BCUT2D eigenvalue weighted by atomic mass is 16.5. The Morgan fingerprint density at radius 2 is 1.79 bits per heavy atom. The van der Waals surface area contributed by atoms with Crippen LogP contribution in [0.2, 0.25) is 0 Å². The zero-order valence-corrected chi connectivity index (χ0v) is 12.6. The molecule has 0 saturated carbocycles. The molecule has 0 fully saturated rings. The van der Waals surface area contributed by atoms with Crippen molar-refractivity contribution in [3.05, 3.63) is 29.3 Å². The van der Waals surface area contributed by atoms with Crippen molar-refractivity contribution in [1.82, 2.24) is 5.32 Å². The molecule has 0 heterocycles. The molecular weight excluding hydrogens is 238 g/mol. The number of hydrogen-bond acceptors (Lipinski definition) is 3. The Bertz CT molecular complexity index is 405. The molecule has 1 rings (SSSR count). The highest BCUT2D eigenvalue weighted by molar-refractivity contribution is 5.58. The van der Waals surface area contributed by atoms with Gasteiger partial charge in [0.2, 0.25) is 0 Å². The van der Waals surface area contributed by atoms with E-state index in [1.165, 1.54) is 5.57 Å². The summed E-state index contributed by atoms with van der Waals surface area (Å²) in [5.74, 6) is 1.63. The van der Waals surface area contributed by atoms with Crippen LogP contribution in [0.3, 0.4) is 0 Å². The molecule has 0 saturated heterocycles. The summed E-state index contributed by atoms with van der Waals surface area (Å²) in [6.07, 6.45) is 3.31. The van der Waals surface area contributed by atoms with Crippen molar-refractivity contribution >= 4 is 6.08 Å². The van der Waals surface area contributed by atoms with Crippen molar-refractivity contribution in [1.29, 1.82) is 0 Å². The van der Waals surface area contributed by atoms with E-state index in [9.17, 15) is 0 Å². The third kappa shape index (κ3) is 4.95. The maximum absolute atomic E-state index is 5.28. The molecule has 0 aliphatic rings. The second-order valence-corrected chi connectivity index (χ2v) is 4.71. The van der Waals surface area contributed by atoms with Crippen LogP contribution >= 0.6 is 0 Å². The maximum Gasteiger partial charge on any atom is 0.123 e. The molecule has 1 aromatic carbocycles. The maximum atomic E-state index is 5.28. The van der Waals surface area contributed by atoms with Gasteiger partial charge in [-0.3, -0.25) is 0 Å². The van der Waals surface area contributed by atoms with Gasteiger partial charge in [0, 0.05) is 12.1 Å². The summed E-state index contributed by atoms with van der Waals surface area (Å²) >= 11 is 0. The molecule has 0 aliphatic heterocycles. The van der Waals surface area contributed by atoms with Crippen LogP contribution in [0, 0.1) is 0 Å². The van der Waals surface area contributed by atoms with Gasteiger partial charge in [-0.05, 0) is 44.5 Å². The number of rotatable bonds is 7. The average Bonchev–Trinajstić information content (AvgIpc) is 2.43. The van der Waals surface area contributed by atoms with E-state index in [1.807, 2.05) is 18.2 Å². The molecule has 0 spiro atoms. The molecule has 0 amide bonds. The lowest BCUT2D eigenvalue weighted by molar-refractivity contribution is 0.394. The summed E-state index contributed by atoms with van der Waals surface area (Å²) < 4.78 is 10.6. The minimum Gasteiger partial charge on any atom is -0.497 e. The predicted molar refractivity (Wildman–Crippen MR) is 81.0 cm³/mol. The van der Waals surface area contributed by atoms with Crippen LogP contribution in [-0.2, 0) is 0 Å². The smallest absolute Gasteiger partial charge is 0.123 e. The van der Waals surface area contributed by atoms with Crippen molar-refractivity contribution in [2.75, 3.05) is 20.8 Å². The fourth-order valence-electron chi connectivity index (χ4n) is 1.82. The van der Waals surface area contributed by atoms with E-state index in [0.717, 1.165) is 30.0 Å². The van der Waals surface area contributed by atoms with E-state index in [0.29, 0.717) is 6.04 Å². The second-order valence-electron chi connectivity index (χ2n) is 4.71. The number of ether oxygens (including phenoxy) is 2. The number of hydrogen-bond donors (Lipinski definition) is 1. The zero-order valence-electron chi connectivity index (χ0n) is 12.6. The van der Waals surface area contributed by atoms with Crippen molar-refractivity contribution in [3.8, 4) is 11.5 Å². The zero-order chi connectivity index (χ0) is 14.3. The van der Waals surface area contributed by atoms with Crippen molar-refractivity contribution in [2.45, 2.75) is 33.2 Å². The molecule has 3 nitrogen and oxygen atoms in total. The lowest BCUT2D eigenvalue weighted by Crippen LogP contribution is -2.27. The van der Waals surface area contributed by atoms with Crippen LogP contribution in [0.5, 0.6) is 11.5 Å². The molecule has 0 radical (unpaired) electrons. The first-order chi connectivity index (χ1) is 9.10. The van der Waals surface area contributed by atoms with E-state index in [1.54, 1.807) is 14.2 Å². The highest BCUT2D eigenvalue weighted by Gasteiger charge is 2.04. The molecule has 1 atom stereocenters. The minimum absolute atomic E-state index is 0.372. The summed E-state index contributed by atoms with van der Waals surface area (Å²) in [4.78, 5) is 0. The van der Waals surface area contributed by atoms with Gasteiger partial charge < -0.3 is 14.8 Å². The van der Waals surface area contributed by atoms with Crippen molar-refractivity contribution in [2.24, 2.45) is 0 Å². The molecule has 0 aliphatic carbocycles. The summed E-state index contributed by atoms with van der Waals surface area (Å²) in [5, 5.41) is 3.48. The van der Waals surface area contributed by atoms with Crippen LogP contribution in [0.25, 0.3) is 6.08 Å². The first-order valence-electron chi connectivity index (χ1n) is 6.75. The molecule has 3 heteroatoms. The van der Waals surface area contributed by atoms with E-state index in [2.05, 4.69) is 32.2 Å². The van der Waals surface area contributed by atoms with Gasteiger partial charge in [-0.2, -0.15) is 0 Å². The number of methoxy groups -OCH3 is 2. The van der Waals surface area contributed by atoms with Crippen LogP contribution in [-0.4, -0.2) is 26.8 Å². The highest BCUT2D eigenvalue weighted by Crippen LogP contribution is 2.24. The Balaban J connectivity index is 2.89. The first kappa shape index (κ1) is 15.6. The normalized spacial score (nSPS) is 13.2. The molecule has 0 bridgehead atoms. The van der Waals surface area contributed by atoms with E-state index in [-0.39, 0.29) is 0 Å². The molecule has 19 heavy (non-hydrogen) atoms. The van der Waals surface area contributed by atoms with Gasteiger partial charge in [-0.15, -0.1) is 0 Å². The van der Waals surface area contributed by atoms with Crippen molar-refractivity contribution < 1.29 is 9.47 Å². The molecule has 1 unspecified atom stereocenters. The summed E-state index contributed by atoms with van der Waals surface area (Å²) in [5.41, 5.74) is 2.39. The van der Waals surface area contributed by atoms with Gasteiger partial charge in [0.1, 0.15) is 11.5 Å². The topological polar surface area (TPSA) is 30.5 Å². The quantitative estimate of drug-likeness (QED) is 0.816. The Morgan fingerprint density at radius 3 is 2.26 bits per heavy atom. The lowest BCUT2D eigenvalue weighted by Gasteiger charge is -2.14. The molecule has 1 N–H and O–H groups in total. The van der Waals surface area contributed by atoms with Gasteiger partial charge in [-0.1, -0.05) is 18.6 Å². The average molecular weight is 263 g/mol. The Kier molecular flexibility index (Phi) is 6.43. The van der Waals surface area contributed by atoms with Crippen LogP contribution < -0.4 is 14.8 Å². The van der Waals surface area contributed by atoms with Crippen LogP contribution in [0.15, 0.2) is 23.8 Å². The largest absolute Gasteiger partial charge is 0.497 e. The van der Waals surface area contributed by atoms with E-state index < -0.39 is 0 Å². The third-order valence-electron chi connectivity index (χ3n) is 3.15. The Hall–Kier alpha value is -1.48. The summed E-state index contributed by atoms with van der Waals surface area (Å²) in [7, 11) is 3.33. The van der Waals surface area contributed by atoms with Gasteiger partial charge in [-0.25, -0.2) is 0 Å². The van der Waals surface area contributed by atoms with Gasteiger partial charge in [0.15, 0.2) is 0 Å². The number of nitrogens with one attached hydrogen (secondary N) is 1. The lowest BCUT2D eigenvalue weighted by atomic mass is 10.1. The molecule has 1 aromatic rings. The van der Waals surface area contributed by atoms with Crippen LogP contribution in [0.1, 0.15) is 32.8 Å². The van der Waals surface area contributed by atoms with Crippen LogP contribution in [0.4, 0.5) is 0 Å². The van der Waals surface area contributed by atoms with Gasteiger partial charge in [0.05, 0.1) is 14.2 Å². The standard InChI is InChI=1S/C16H25NO2/c1-6-7-17-13(3)12(2)8-14-9-15(18-4)11-16(10-14)19-5/h8-11,13,17H,6-7H2,1-5H3/b12-8+. The fraction of sp³-hybridized carbons (Fsp3) is 0.500. The molecule has 106 valence electrons. The first-order valence-corrected chi connectivity index (χ1v) is 6.75. The number of benzene rings is 1. The predicted octanol–water partition coefficient (Wildman–Crippen LogP) is 3.50. The monoisotopic (exact) mass is 263 g/mol. The Morgan fingerprint density at radius 1 is 1.21 bits per heavy atom. The minimum atomic E-state index is 0.372. The fourth-order valence-corrected chi connectivity index (χ4v) is 1.82. The van der Waals surface area contributed by atoms with Crippen molar-refractivity contribution in [3.63, 3.8) is 0 Å². The van der Waals surface area contributed by atoms with Gasteiger partial charge >= 0.3 is 0 Å². The summed E-state index contributed by atoms with van der Waals surface area (Å²) in [6, 6.07) is 6.28. The SMILES string of the molecule is CCCNC(C)/C(C)=C/c1cc(OC)cc(OC)c1.